The van der Waals surface area contributed by atoms with Crippen molar-refractivity contribution in [3.05, 3.63) is 11.4 Å². The van der Waals surface area contributed by atoms with Gasteiger partial charge in [-0.3, -0.25) is 0 Å². The van der Waals surface area contributed by atoms with Crippen molar-refractivity contribution in [3.63, 3.8) is 0 Å². The molecule has 4 nitrogen and oxygen atoms in total. The van der Waals surface area contributed by atoms with Gasteiger partial charge in [0.2, 0.25) is 5.95 Å². The Bertz CT molecular complexity index is 340. The second kappa shape index (κ2) is 3.28. The van der Waals surface area contributed by atoms with Crippen molar-refractivity contribution in [3.8, 4) is 0 Å². The smallest absolute Gasteiger partial charge is 0.200 e. The zero-order chi connectivity index (χ0) is 10.3. The molecule has 0 saturated carbocycles. The largest absolute Gasteiger partial charge is 0.369 e. The number of nitrogen functional groups attached to an aromatic ring is 1. The first-order chi connectivity index (χ1) is 6.59. The van der Waals surface area contributed by atoms with Gasteiger partial charge in [-0.25, -0.2) is 4.98 Å². The Morgan fingerprint density at radius 1 is 1.50 bits per heavy atom. The lowest BCUT2D eigenvalue weighted by atomic mass is 9.96. The van der Waals surface area contributed by atoms with Crippen molar-refractivity contribution >= 4 is 5.95 Å². The Labute approximate surface area is 84.3 Å². The molecule has 1 atom stereocenters. The lowest BCUT2D eigenvalue weighted by molar-refractivity contribution is 0.519. The SMILES string of the molecule is CC(C)n1c(N)nc2c1CCC(N)C2. The molecule has 1 aliphatic carbocycles. The lowest BCUT2D eigenvalue weighted by Gasteiger charge is -2.20. The zero-order valence-electron chi connectivity index (χ0n) is 8.83. The molecule has 1 heterocycles. The highest BCUT2D eigenvalue weighted by Gasteiger charge is 2.23. The molecular weight excluding hydrogens is 176 g/mol. The van der Waals surface area contributed by atoms with E-state index in [-0.39, 0.29) is 6.04 Å². The van der Waals surface area contributed by atoms with E-state index in [0.717, 1.165) is 25.0 Å². The molecule has 4 N–H and O–H groups in total. The summed E-state index contributed by atoms with van der Waals surface area (Å²) in [6.45, 7) is 4.26. The first-order valence-corrected chi connectivity index (χ1v) is 5.20. The fourth-order valence-corrected chi connectivity index (χ4v) is 2.21. The van der Waals surface area contributed by atoms with Crippen molar-refractivity contribution < 1.29 is 0 Å². The lowest BCUT2D eigenvalue weighted by Crippen LogP contribution is -2.28. The number of imidazole rings is 1. The maximum absolute atomic E-state index is 5.89. The molecular formula is C10H18N4. The second-order valence-corrected chi connectivity index (χ2v) is 4.33. The fourth-order valence-electron chi connectivity index (χ4n) is 2.21. The average molecular weight is 194 g/mol. The third-order valence-electron chi connectivity index (χ3n) is 2.84. The molecule has 0 aliphatic heterocycles. The molecule has 0 saturated heterocycles. The molecule has 4 heteroatoms. The number of rotatable bonds is 1. The van der Waals surface area contributed by atoms with Gasteiger partial charge in [0.1, 0.15) is 0 Å². The molecule has 0 bridgehead atoms. The molecule has 0 spiro atoms. The van der Waals surface area contributed by atoms with E-state index in [1.54, 1.807) is 0 Å². The first-order valence-electron chi connectivity index (χ1n) is 5.20. The average Bonchev–Trinajstić information content (AvgIpc) is 2.39. The van der Waals surface area contributed by atoms with Crippen LogP contribution in [0.2, 0.25) is 0 Å². The van der Waals surface area contributed by atoms with E-state index >= 15 is 0 Å². The molecule has 1 unspecified atom stereocenters. The van der Waals surface area contributed by atoms with Crippen LogP contribution >= 0.6 is 0 Å². The van der Waals surface area contributed by atoms with Gasteiger partial charge >= 0.3 is 0 Å². The van der Waals surface area contributed by atoms with E-state index in [0.29, 0.717) is 12.0 Å². The standard InChI is InChI=1S/C10H18N4/c1-6(2)14-9-4-3-7(11)5-8(9)13-10(14)12/h6-7H,3-5,11H2,1-2H3,(H2,12,13). The molecule has 0 radical (unpaired) electrons. The van der Waals surface area contributed by atoms with E-state index in [4.69, 9.17) is 11.5 Å². The van der Waals surface area contributed by atoms with Crippen LogP contribution in [0.5, 0.6) is 0 Å². The molecule has 0 amide bonds. The minimum atomic E-state index is 0.261. The maximum Gasteiger partial charge on any atom is 0.200 e. The predicted molar refractivity (Wildman–Crippen MR) is 57.0 cm³/mol. The Hall–Kier alpha value is -1.03. The van der Waals surface area contributed by atoms with E-state index in [1.165, 1.54) is 5.69 Å². The Balaban J connectivity index is 2.43. The van der Waals surface area contributed by atoms with Crippen LogP contribution in [0.15, 0.2) is 0 Å². The normalized spacial score (nSPS) is 21.3. The van der Waals surface area contributed by atoms with Gasteiger partial charge in [0.25, 0.3) is 0 Å². The third-order valence-corrected chi connectivity index (χ3v) is 2.84. The van der Waals surface area contributed by atoms with E-state index in [2.05, 4.69) is 23.4 Å². The highest BCUT2D eigenvalue weighted by molar-refractivity contribution is 5.32. The summed E-state index contributed by atoms with van der Waals surface area (Å²) in [6.07, 6.45) is 2.93. The van der Waals surface area contributed by atoms with Crippen LogP contribution in [-0.4, -0.2) is 15.6 Å². The van der Waals surface area contributed by atoms with Gasteiger partial charge in [0.15, 0.2) is 0 Å². The summed E-state index contributed by atoms with van der Waals surface area (Å²) in [6, 6.07) is 0.651. The van der Waals surface area contributed by atoms with Crippen LogP contribution in [0.1, 0.15) is 37.7 Å². The molecule has 2 rings (SSSR count). The topological polar surface area (TPSA) is 69.9 Å². The number of nitrogens with zero attached hydrogens (tertiary/aromatic N) is 2. The van der Waals surface area contributed by atoms with E-state index in [1.807, 2.05) is 0 Å². The first kappa shape index (κ1) is 9.52. The number of fused-ring (bicyclic) bond motifs is 1. The van der Waals surface area contributed by atoms with Gasteiger partial charge in [0.05, 0.1) is 5.69 Å². The molecule has 1 aliphatic rings. The van der Waals surface area contributed by atoms with Crippen molar-refractivity contribution in [2.24, 2.45) is 5.73 Å². The summed E-state index contributed by atoms with van der Waals surface area (Å²) in [4.78, 5) is 4.38. The van der Waals surface area contributed by atoms with Crippen molar-refractivity contribution in [2.45, 2.75) is 45.2 Å². The minimum absolute atomic E-state index is 0.261. The molecule has 0 fully saturated rings. The van der Waals surface area contributed by atoms with E-state index < -0.39 is 0 Å². The van der Waals surface area contributed by atoms with Gasteiger partial charge in [-0.05, 0) is 26.7 Å². The van der Waals surface area contributed by atoms with Gasteiger partial charge < -0.3 is 16.0 Å². The van der Waals surface area contributed by atoms with Gasteiger partial charge in [-0.2, -0.15) is 0 Å². The summed E-state index contributed by atoms with van der Waals surface area (Å²) in [5, 5.41) is 0. The van der Waals surface area contributed by atoms with E-state index in [9.17, 15) is 0 Å². The summed E-state index contributed by atoms with van der Waals surface area (Å²) < 4.78 is 2.13. The fraction of sp³-hybridized carbons (Fsp3) is 0.700. The number of anilines is 1. The summed E-state index contributed by atoms with van der Waals surface area (Å²) in [5.74, 6) is 0.638. The van der Waals surface area contributed by atoms with Crippen LogP contribution in [0.3, 0.4) is 0 Å². The highest BCUT2D eigenvalue weighted by atomic mass is 15.2. The molecule has 0 aromatic carbocycles. The van der Waals surface area contributed by atoms with Crippen LogP contribution < -0.4 is 11.5 Å². The highest BCUT2D eigenvalue weighted by Crippen LogP contribution is 2.25. The quantitative estimate of drug-likeness (QED) is 0.696. The second-order valence-electron chi connectivity index (χ2n) is 4.33. The number of nitrogens with two attached hydrogens (primary N) is 2. The molecule has 78 valence electrons. The van der Waals surface area contributed by atoms with Gasteiger partial charge in [-0.1, -0.05) is 0 Å². The maximum atomic E-state index is 5.89. The predicted octanol–water partition coefficient (Wildman–Crippen LogP) is 0.862. The van der Waals surface area contributed by atoms with Crippen LogP contribution in [0, 0.1) is 0 Å². The van der Waals surface area contributed by atoms with Gasteiger partial charge in [-0.15, -0.1) is 0 Å². The summed E-state index contributed by atoms with van der Waals surface area (Å²) >= 11 is 0. The van der Waals surface area contributed by atoms with Gasteiger partial charge in [0, 0.05) is 24.2 Å². The van der Waals surface area contributed by atoms with Crippen molar-refractivity contribution in [1.82, 2.24) is 9.55 Å². The Kier molecular flexibility index (Phi) is 2.23. The molecule has 14 heavy (non-hydrogen) atoms. The zero-order valence-corrected chi connectivity index (χ0v) is 8.83. The summed E-state index contributed by atoms with van der Waals surface area (Å²) in [5.41, 5.74) is 14.2. The molecule has 1 aromatic rings. The Morgan fingerprint density at radius 3 is 2.86 bits per heavy atom. The van der Waals surface area contributed by atoms with Crippen molar-refractivity contribution in [2.75, 3.05) is 5.73 Å². The van der Waals surface area contributed by atoms with Crippen molar-refractivity contribution in [1.29, 1.82) is 0 Å². The number of aromatic nitrogens is 2. The Morgan fingerprint density at radius 2 is 2.21 bits per heavy atom. The molecule has 1 aromatic heterocycles. The number of hydrogen-bond donors (Lipinski definition) is 2. The van der Waals surface area contributed by atoms with Crippen LogP contribution in [-0.2, 0) is 12.8 Å². The van der Waals surface area contributed by atoms with Crippen LogP contribution in [0.25, 0.3) is 0 Å². The summed E-state index contributed by atoms with van der Waals surface area (Å²) in [7, 11) is 0. The minimum Gasteiger partial charge on any atom is -0.369 e. The third kappa shape index (κ3) is 1.39. The number of hydrogen-bond acceptors (Lipinski definition) is 3. The van der Waals surface area contributed by atoms with Crippen LogP contribution in [0.4, 0.5) is 5.95 Å². The monoisotopic (exact) mass is 194 g/mol.